The van der Waals surface area contributed by atoms with Gasteiger partial charge >= 0.3 is 5.97 Å². The van der Waals surface area contributed by atoms with Gasteiger partial charge in [0.1, 0.15) is 10.6 Å². The smallest absolute Gasteiger partial charge is 0.341 e. The van der Waals surface area contributed by atoms with Gasteiger partial charge in [-0.1, -0.05) is 29.8 Å². The predicted octanol–water partition coefficient (Wildman–Crippen LogP) is 5.41. The average Bonchev–Trinajstić information content (AvgIpc) is 2.92. The van der Waals surface area contributed by atoms with E-state index >= 15 is 0 Å². The fourth-order valence-electron chi connectivity index (χ4n) is 2.39. The summed E-state index contributed by atoms with van der Waals surface area (Å²) in [6, 6.07) is 7.25. The van der Waals surface area contributed by atoms with Crippen LogP contribution in [-0.2, 0) is 9.53 Å². The number of hydrogen-bond acceptors (Lipinski definition) is 5. The molecule has 0 aliphatic heterocycles. The first-order chi connectivity index (χ1) is 12.5. The van der Waals surface area contributed by atoms with Crippen LogP contribution in [-0.4, -0.2) is 30.0 Å². The Balaban J connectivity index is 2.40. The van der Waals surface area contributed by atoms with E-state index in [0.29, 0.717) is 27.1 Å². The second-order valence-corrected chi connectivity index (χ2v) is 8.01. The van der Waals surface area contributed by atoms with Crippen LogP contribution in [0, 0.1) is 6.92 Å². The summed E-state index contributed by atoms with van der Waals surface area (Å²) in [6.45, 7) is 7.56. The maximum absolute atomic E-state index is 12.6. The van der Waals surface area contributed by atoms with Crippen molar-refractivity contribution in [2.75, 3.05) is 23.4 Å². The standard InChI is InChI=1S/C19H20ClNO3S2/c1-4-10-25-11-15(22)21-18-17(19(23)24-5-2)16(12(3)26-18)13-6-8-14(20)9-7-13/h4,6-9H,1,5,10-11H2,2-3H3,(H,21,22). The number of benzene rings is 1. The number of thioether (sulfide) groups is 1. The summed E-state index contributed by atoms with van der Waals surface area (Å²) in [6.07, 6.45) is 1.75. The molecule has 0 bridgehead atoms. The van der Waals surface area contributed by atoms with Crippen molar-refractivity contribution in [1.82, 2.24) is 0 Å². The van der Waals surface area contributed by atoms with Gasteiger partial charge in [0.15, 0.2) is 0 Å². The number of anilines is 1. The van der Waals surface area contributed by atoms with Gasteiger partial charge in [0.05, 0.1) is 12.4 Å². The number of thiophene rings is 1. The van der Waals surface area contributed by atoms with Crippen molar-refractivity contribution in [2.45, 2.75) is 13.8 Å². The summed E-state index contributed by atoms with van der Waals surface area (Å²) in [7, 11) is 0. The maximum Gasteiger partial charge on any atom is 0.341 e. The van der Waals surface area contributed by atoms with Gasteiger partial charge in [0.25, 0.3) is 0 Å². The van der Waals surface area contributed by atoms with Crippen molar-refractivity contribution in [2.24, 2.45) is 0 Å². The summed E-state index contributed by atoms with van der Waals surface area (Å²) < 4.78 is 5.22. The van der Waals surface area contributed by atoms with E-state index in [1.54, 1.807) is 25.1 Å². The van der Waals surface area contributed by atoms with E-state index in [1.165, 1.54) is 23.1 Å². The molecule has 0 fully saturated rings. The van der Waals surface area contributed by atoms with Crippen molar-refractivity contribution in [3.05, 3.63) is 52.4 Å². The number of carbonyl (C=O) groups is 2. The van der Waals surface area contributed by atoms with Crippen LogP contribution >= 0.6 is 34.7 Å². The highest BCUT2D eigenvalue weighted by Crippen LogP contribution is 2.40. The molecular formula is C19H20ClNO3S2. The van der Waals surface area contributed by atoms with Crippen molar-refractivity contribution in [3.8, 4) is 11.1 Å². The van der Waals surface area contributed by atoms with Crippen LogP contribution in [0.2, 0.25) is 5.02 Å². The highest BCUT2D eigenvalue weighted by Gasteiger charge is 2.25. The third kappa shape index (κ3) is 5.13. The van der Waals surface area contributed by atoms with E-state index < -0.39 is 5.97 Å². The van der Waals surface area contributed by atoms with Crippen molar-refractivity contribution < 1.29 is 14.3 Å². The molecule has 1 heterocycles. The fraction of sp³-hybridized carbons (Fsp3) is 0.263. The maximum atomic E-state index is 12.6. The first-order valence-corrected chi connectivity index (χ1v) is 10.4. The molecule has 0 spiro atoms. The number of halogens is 1. The Morgan fingerprint density at radius 2 is 2.04 bits per heavy atom. The molecule has 0 radical (unpaired) electrons. The number of hydrogen-bond donors (Lipinski definition) is 1. The molecule has 2 rings (SSSR count). The lowest BCUT2D eigenvalue weighted by atomic mass is 10.0. The number of amides is 1. The second-order valence-electron chi connectivity index (χ2n) is 5.32. The van der Waals surface area contributed by atoms with Crippen LogP contribution in [0.4, 0.5) is 5.00 Å². The largest absolute Gasteiger partial charge is 0.462 e. The number of esters is 1. The van der Waals surface area contributed by atoms with Crippen LogP contribution in [0.1, 0.15) is 22.2 Å². The van der Waals surface area contributed by atoms with Crippen LogP contribution < -0.4 is 5.32 Å². The van der Waals surface area contributed by atoms with Gasteiger partial charge in [0.2, 0.25) is 5.91 Å². The molecule has 0 saturated heterocycles. The molecule has 0 atom stereocenters. The fourth-order valence-corrected chi connectivity index (χ4v) is 4.14. The van der Waals surface area contributed by atoms with Crippen LogP contribution in [0.5, 0.6) is 0 Å². The molecule has 0 aliphatic rings. The minimum atomic E-state index is -0.448. The number of aryl methyl sites for hydroxylation is 1. The lowest BCUT2D eigenvalue weighted by Gasteiger charge is -2.09. The molecular weight excluding hydrogens is 390 g/mol. The zero-order valence-electron chi connectivity index (χ0n) is 14.6. The SMILES string of the molecule is C=CCSCC(=O)Nc1sc(C)c(-c2ccc(Cl)cc2)c1C(=O)OCC. The van der Waals surface area contributed by atoms with Gasteiger partial charge in [0, 0.05) is 21.2 Å². The van der Waals surface area contributed by atoms with E-state index in [1.807, 2.05) is 19.1 Å². The van der Waals surface area contributed by atoms with Crippen molar-refractivity contribution in [1.29, 1.82) is 0 Å². The van der Waals surface area contributed by atoms with E-state index in [0.717, 1.165) is 16.0 Å². The van der Waals surface area contributed by atoms with Gasteiger partial charge in [-0.3, -0.25) is 4.79 Å². The molecule has 4 nitrogen and oxygen atoms in total. The number of nitrogens with one attached hydrogen (secondary N) is 1. The summed E-state index contributed by atoms with van der Waals surface area (Å²) in [4.78, 5) is 25.7. The summed E-state index contributed by atoms with van der Waals surface area (Å²) >= 11 is 8.79. The van der Waals surface area contributed by atoms with Crippen molar-refractivity contribution in [3.63, 3.8) is 0 Å². The number of carbonyl (C=O) groups excluding carboxylic acids is 2. The lowest BCUT2D eigenvalue weighted by molar-refractivity contribution is -0.113. The highest BCUT2D eigenvalue weighted by molar-refractivity contribution is 8.00. The van der Waals surface area contributed by atoms with Crippen molar-refractivity contribution >= 4 is 51.6 Å². The van der Waals surface area contributed by atoms with Gasteiger partial charge in [-0.15, -0.1) is 29.7 Å². The average molecular weight is 410 g/mol. The Hall–Kier alpha value is -1.76. The highest BCUT2D eigenvalue weighted by atomic mass is 35.5. The summed E-state index contributed by atoms with van der Waals surface area (Å²) in [5.74, 6) is 0.376. The molecule has 7 heteroatoms. The molecule has 1 aromatic heterocycles. The van der Waals surface area contributed by atoms with E-state index in [9.17, 15) is 9.59 Å². The van der Waals surface area contributed by atoms with E-state index in [-0.39, 0.29) is 12.5 Å². The van der Waals surface area contributed by atoms with Gasteiger partial charge in [-0.25, -0.2) is 4.79 Å². The third-order valence-electron chi connectivity index (χ3n) is 3.42. The predicted molar refractivity (Wildman–Crippen MR) is 112 cm³/mol. The monoisotopic (exact) mass is 409 g/mol. The van der Waals surface area contributed by atoms with Gasteiger partial charge < -0.3 is 10.1 Å². The molecule has 0 aliphatic carbocycles. The molecule has 0 saturated carbocycles. The molecule has 1 aromatic carbocycles. The quantitative estimate of drug-likeness (QED) is 0.359. The summed E-state index contributed by atoms with van der Waals surface area (Å²) in [5, 5.41) is 3.98. The van der Waals surface area contributed by atoms with E-state index in [4.69, 9.17) is 16.3 Å². The Morgan fingerprint density at radius 3 is 2.65 bits per heavy atom. The van der Waals surface area contributed by atoms with Crippen LogP contribution in [0.15, 0.2) is 36.9 Å². The zero-order valence-corrected chi connectivity index (χ0v) is 17.0. The lowest BCUT2D eigenvalue weighted by Crippen LogP contribution is -2.16. The molecule has 1 amide bonds. The minimum absolute atomic E-state index is 0.161. The molecule has 138 valence electrons. The Kier molecular flexibility index (Phi) is 7.75. The topological polar surface area (TPSA) is 55.4 Å². The molecule has 1 N–H and O–H groups in total. The Bertz CT molecular complexity index is 800. The summed E-state index contributed by atoms with van der Waals surface area (Å²) in [5.41, 5.74) is 2.01. The second kappa shape index (κ2) is 9.80. The first kappa shape index (κ1) is 20.6. The Morgan fingerprint density at radius 1 is 1.35 bits per heavy atom. The number of rotatable bonds is 8. The van der Waals surface area contributed by atoms with Gasteiger partial charge in [-0.2, -0.15) is 0 Å². The Labute approximate surface area is 166 Å². The molecule has 26 heavy (non-hydrogen) atoms. The van der Waals surface area contributed by atoms with E-state index in [2.05, 4.69) is 11.9 Å². The third-order valence-corrected chi connectivity index (χ3v) is 5.63. The molecule has 2 aromatic rings. The van der Waals surface area contributed by atoms with Crippen LogP contribution in [0.3, 0.4) is 0 Å². The minimum Gasteiger partial charge on any atom is -0.462 e. The zero-order chi connectivity index (χ0) is 19.1. The number of ether oxygens (including phenoxy) is 1. The normalized spacial score (nSPS) is 10.4. The molecule has 0 unspecified atom stereocenters. The van der Waals surface area contributed by atoms with Crippen LogP contribution in [0.25, 0.3) is 11.1 Å². The first-order valence-electron chi connectivity index (χ1n) is 8.02. The van der Waals surface area contributed by atoms with Gasteiger partial charge in [-0.05, 0) is 31.5 Å².